The van der Waals surface area contributed by atoms with E-state index >= 15 is 0 Å². The van der Waals surface area contributed by atoms with Gasteiger partial charge in [-0.2, -0.15) is 0 Å². The van der Waals surface area contributed by atoms with Gasteiger partial charge in [0, 0.05) is 13.1 Å². The summed E-state index contributed by atoms with van der Waals surface area (Å²) in [6.45, 7) is 5.36. The number of fused-ring (bicyclic) bond motifs is 1. The van der Waals surface area contributed by atoms with Gasteiger partial charge in [0.15, 0.2) is 0 Å². The van der Waals surface area contributed by atoms with E-state index in [2.05, 4.69) is 6.92 Å². The van der Waals surface area contributed by atoms with E-state index in [4.69, 9.17) is 0 Å². The molecule has 150 valence electrons. The van der Waals surface area contributed by atoms with Crippen molar-refractivity contribution in [2.45, 2.75) is 78.1 Å². The predicted molar refractivity (Wildman–Crippen MR) is 113 cm³/mol. The highest BCUT2D eigenvalue weighted by atomic mass is 16.2. The molecule has 4 heteroatoms. The van der Waals surface area contributed by atoms with Gasteiger partial charge < -0.3 is 9.80 Å². The van der Waals surface area contributed by atoms with Crippen LogP contribution in [0.15, 0.2) is 24.3 Å². The molecule has 0 bridgehead atoms. The lowest BCUT2D eigenvalue weighted by Crippen LogP contribution is -2.37. The number of hydrogen-bond donors (Lipinski definition) is 0. The van der Waals surface area contributed by atoms with Gasteiger partial charge in [0.2, 0.25) is 12.3 Å². The molecule has 1 heterocycles. The minimum absolute atomic E-state index is 0.128. The minimum Gasteiger partial charge on any atom is -0.312 e. The van der Waals surface area contributed by atoms with Crippen molar-refractivity contribution in [2.75, 3.05) is 22.9 Å². The molecule has 1 aromatic rings. The molecule has 4 nitrogen and oxygen atoms in total. The molecule has 0 spiro atoms. The summed E-state index contributed by atoms with van der Waals surface area (Å²) in [5, 5.41) is 0. The molecule has 27 heavy (non-hydrogen) atoms. The molecular weight excluding hydrogens is 336 g/mol. The average molecular weight is 373 g/mol. The van der Waals surface area contributed by atoms with Crippen LogP contribution in [0.3, 0.4) is 0 Å². The minimum atomic E-state index is -0.175. The number of amides is 2. The number of rotatable bonds is 12. The summed E-state index contributed by atoms with van der Waals surface area (Å²) in [5.41, 5.74) is 1.71. The van der Waals surface area contributed by atoms with Crippen molar-refractivity contribution in [1.82, 2.24) is 0 Å². The molecule has 0 saturated heterocycles. The van der Waals surface area contributed by atoms with E-state index in [1.54, 1.807) is 4.90 Å². The quantitative estimate of drug-likeness (QED) is 0.356. The Morgan fingerprint density at radius 2 is 1.48 bits per heavy atom. The molecule has 1 aliphatic heterocycles. The van der Waals surface area contributed by atoms with E-state index < -0.39 is 0 Å². The molecular formula is C23H36N2O2. The summed E-state index contributed by atoms with van der Waals surface area (Å²) >= 11 is 0. The summed E-state index contributed by atoms with van der Waals surface area (Å²) in [7, 11) is 0. The lowest BCUT2D eigenvalue weighted by atomic mass is 10.1. The maximum absolute atomic E-state index is 12.8. The third-order valence-corrected chi connectivity index (χ3v) is 5.50. The number of nitrogens with zero attached hydrogens (tertiary/aromatic N) is 2. The van der Waals surface area contributed by atoms with Crippen molar-refractivity contribution in [3.05, 3.63) is 24.3 Å². The Hall–Kier alpha value is -1.84. The lowest BCUT2D eigenvalue weighted by molar-refractivity contribution is -0.121. The van der Waals surface area contributed by atoms with Crippen LogP contribution < -0.4 is 9.80 Å². The van der Waals surface area contributed by atoms with Crippen LogP contribution in [-0.4, -0.2) is 25.4 Å². The molecule has 0 fully saturated rings. The Bertz CT molecular complexity index is 587. The summed E-state index contributed by atoms with van der Waals surface area (Å²) in [6, 6.07) is 7.75. The van der Waals surface area contributed by atoms with Crippen LogP contribution in [0.1, 0.15) is 78.1 Å². The molecule has 1 unspecified atom stereocenters. The summed E-state index contributed by atoms with van der Waals surface area (Å²) in [5.74, 6) is -0.0477. The SMILES string of the molecule is CCCCCCCCCCCCN1C(=O)C(C)CN(C=O)c2ccccc21. The highest BCUT2D eigenvalue weighted by Crippen LogP contribution is 2.33. The molecule has 1 atom stereocenters. The topological polar surface area (TPSA) is 40.6 Å². The molecule has 1 aromatic carbocycles. The van der Waals surface area contributed by atoms with Gasteiger partial charge in [-0.15, -0.1) is 0 Å². The van der Waals surface area contributed by atoms with E-state index in [0.29, 0.717) is 6.54 Å². The van der Waals surface area contributed by atoms with E-state index in [1.807, 2.05) is 36.1 Å². The molecule has 0 aliphatic carbocycles. The van der Waals surface area contributed by atoms with Crippen molar-refractivity contribution in [3.63, 3.8) is 0 Å². The fourth-order valence-electron chi connectivity index (χ4n) is 3.88. The number of benzene rings is 1. The van der Waals surface area contributed by atoms with Crippen LogP contribution in [0.2, 0.25) is 0 Å². The van der Waals surface area contributed by atoms with Crippen LogP contribution in [0.25, 0.3) is 0 Å². The molecule has 0 N–H and O–H groups in total. The van der Waals surface area contributed by atoms with E-state index in [9.17, 15) is 9.59 Å². The second kappa shape index (κ2) is 11.8. The monoisotopic (exact) mass is 372 g/mol. The first-order chi connectivity index (χ1) is 13.2. The Kier molecular flexibility index (Phi) is 9.37. The van der Waals surface area contributed by atoms with E-state index in [-0.39, 0.29) is 11.8 Å². The highest BCUT2D eigenvalue weighted by molar-refractivity contribution is 6.02. The van der Waals surface area contributed by atoms with Crippen LogP contribution in [0.5, 0.6) is 0 Å². The zero-order chi connectivity index (χ0) is 19.5. The first-order valence-electron chi connectivity index (χ1n) is 10.8. The molecule has 2 amide bonds. The summed E-state index contributed by atoms with van der Waals surface area (Å²) in [6.07, 6.45) is 13.7. The molecule has 2 rings (SSSR count). The Morgan fingerprint density at radius 3 is 2.07 bits per heavy atom. The average Bonchev–Trinajstić information content (AvgIpc) is 2.79. The van der Waals surface area contributed by atoms with Gasteiger partial charge >= 0.3 is 0 Å². The van der Waals surface area contributed by atoms with Crippen molar-refractivity contribution in [1.29, 1.82) is 0 Å². The number of carbonyl (C=O) groups excluding carboxylic acids is 2. The van der Waals surface area contributed by atoms with Gasteiger partial charge in [-0.1, -0.05) is 83.8 Å². The second-order valence-corrected chi connectivity index (χ2v) is 7.82. The number of carbonyl (C=O) groups is 2. The number of unbranched alkanes of at least 4 members (excludes halogenated alkanes) is 9. The standard InChI is InChI=1S/C23H36N2O2/c1-3-4-5-6-7-8-9-10-11-14-17-25-22-16-13-12-15-21(22)24(19-26)18-20(2)23(25)27/h12-13,15-16,19-20H,3-11,14,17-18H2,1-2H3. The van der Waals surface area contributed by atoms with Crippen molar-refractivity contribution >= 4 is 23.7 Å². The predicted octanol–water partition coefficient (Wildman–Crippen LogP) is 5.55. The van der Waals surface area contributed by atoms with Gasteiger partial charge in [0.1, 0.15) is 0 Å². The lowest BCUT2D eigenvalue weighted by Gasteiger charge is -2.24. The fourth-order valence-corrected chi connectivity index (χ4v) is 3.88. The van der Waals surface area contributed by atoms with E-state index in [1.165, 1.54) is 51.4 Å². The van der Waals surface area contributed by atoms with Crippen LogP contribution >= 0.6 is 0 Å². The molecule has 0 radical (unpaired) electrons. The van der Waals surface area contributed by atoms with Crippen LogP contribution in [0.4, 0.5) is 11.4 Å². The maximum atomic E-state index is 12.8. The Labute approximate surface area is 164 Å². The third kappa shape index (κ3) is 6.37. The van der Waals surface area contributed by atoms with Gasteiger partial charge in [-0.3, -0.25) is 9.59 Å². The largest absolute Gasteiger partial charge is 0.312 e. The zero-order valence-corrected chi connectivity index (χ0v) is 17.2. The first kappa shape index (κ1) is 21.5. The maximum Gasteiger partial charge on any atom is 0.231 e. The summed E-state index contributed by atoms with van der Waals surface area (Å²) in [4.78, 5) is 27.9. The van der Waals surface area contributed by atoms with Crippen LogP contribution in [-0.2, 0) is 9.59 Å². The van der Waals surface area contributed by atoms with Crippen molar-refractivity contribution in [3.8, 4) is 0 Å². The Morgan fingerprint density at radius 1 is 0.926 bits per heavy atom. The Balaban J connectivity index is 1.80. The zero-order valence-electron chi connectivity index (χ0n) is 17.2. The van der Waals surface area contributed by atoms with Crippen molar-refractivity contribution in [2.24, 2.45) is 5.92 Å². The number of hydrogen-bond acceptors (Lipinski definition) is 2. The summed E-state index contributed by atoms with van der Waals surface area (Å²) < 4.78 is 0. The smallest absolute Gasteiger partial charge is 0.231 e. The number of para-hydroxylation sites is 2. The molecule has 0 aromatic heterocycles. The van der Waals surface area contributed by atoms with Crippen LogP contribution in [0, 0.1) is 5.92 Å². The van der Waals surface area contributed by atoms with E-state index in [0.717, 1.165) is 37.2 Å². The first-order valence-corrected chi connectivity index (χ1v) is 10.8. The van der Waals surface area contributed by atoms with Gasteiger partial charge in [0.05, 0.1) is 17.3 Å². The molecule has 0 saturated carbocycles. The normalized spacial score (nSPS) is 17.0. The van der Waals surface area contributed by atoms with Gasteiger partial charge in [-0.05, 0) is 18.6 Å². The second-order valence-electron chi connectivity index (χ2n) is 7.82. The number of anilines is 2. The van der Waals surface area contributed by atoms with Crippen molar-refractivity contribution < 1.29 is 9.59 Å². The third-order valence-electron chi connectivity index (χ3n) is 5.50. The van der Waals surface area contributed by atoms with Gasteiger partial charge in [0.25, 0.3) is 0 Å². The fraction of sp³-hybridized carbons (Fsp3) is 0.652. The highest BCUT2D eigenvalue weighted by Gasteiger charge is 2.30. The van der Waals surface area contributed by atoms with Gasteiger partial charge in [-0.25, -0.2) is 0 Å². The molecule has 1 aliphatic rings.